The van der Waals surface area contributed by atoms with Gasteiger partial charge in [-0.1, -0.05) is 23.2 Å². The van der Waals surface area contributed by atoms with Crippen molar-refractivity contribution in [3.05, 3.63) is 63.9 Å². The van der Waals surface area contributed by atoms with E-state index >= 15 is 0 Å². The van der Waals surface area contributed by atoms with Gasteiger partial charge >= 0.3 is 5.97 Å². The summed E-state index contributed by atoms with van der Waals surface area (Å²) in [6.45, 7) is 0. The minimum atomic E-state index is -1.09. The van der Waals surface area contributed by atoms with Gasteiger partial charge in [-0.15, -0.1) is 0 Å². The highest BCUT2D eigenvalue weighted by Crippen LogP contribution is 2.31. The van der Waals surface area contributed by atoms with Gasteiger partial charge in [0.1, 0.15) is 17.3 Å². The molecule has 0 atom stereocenters. The van der Waals surface area contributed by atoms with Crippen molar-refractivity contribution in [3.8, 4) is 11.5 Å². The van der Waals surface area contributed by atoms with E-state index in [-0.39, 0.29) is 10.8 Å². The number of carbonyl (C=O) groups is 1. The zero-order chi connectivity index (χ0) is 15.4. The highest BCUT2D eigenvalue weighted by Gasteiger charge is 2.07. The first kappa shape index (κ1) is 15.4. The third kappa shape index (κ3) is 4.21. The Bertz CT molecular complexity index is 714. The molecule has 0 radical (unpaired) electrons. The topological polar surface area (TPSA) is 46.5 Å². The van der Waals surface area contributed by atoms with Crippen LogP contribution < -0.4 is 4.74 Å². The summed E-state index contributed by atoms with van der Waals surface area (Å²) in [7, 11) is 0. The molecule has 2 rings (SSSR count). The summed E-state index contributed by atoms with van der Waals surface area (Å²) < 4.78 is 18.9. The lowest BCUT2D eigenvalue weighted by molar-refractivity contribution is -0.131. The zero-order valence-corrected chi connectivity index (χ0v) is 12.0. The average molecular weight is 327 g/mol. The van der Waals surface area contributed by atoms with Crippen LogP contribution >= 0.6 is 23.2 Å². The van der Waals surface area contributed by atoms with Crippen molar-refractivity contribution in [1.29, 1.82) is 0 Å². The lowest BCUT2D eigenvalue weighted by atomic mass is 10.2. The van der Waals surface area contributed by atoms with Crippen LogP contribution in [-0.4, -0.2) is 11.1 Å². The normalized spacial score (nSPS) is 10.8. The van der Waals surface area contributed by atoms with Crippen molar-refractivity contribution in [3.63, 3.8) is 0 Å². The second-order valence-electron chi connectivity index (χ2n) is 4.03. The summed E-state index contributed by atoms with van der Waals surface area (Å²) in [5.74, 6) is -1.17. The molecule has 0 aliphatic carbocycles. The fraction of sp³-hybridized carbons (Fsp3) is 0. The van der Waals surface area contributed by atoms with Crippen LogP contribution in [0, 0.1) is 5.82 Å². The molecule has 1 N–H and O–H groups in total. The quantitative estimate of drug-likeness (QED) is 0.802. The number of hydrogen-bond donors (Lipinski definition) is 1. The number of benzene rings is 2. The SMILES string of the molecule is O=C(O)/C=C/c1ccc(Cl)cc1Oc1ccc(Cl)c(F)c1. The molecule has 2 aromatic rings. The van der Waals surface area contributed by atoms with Crippen LogP contribution in [0.1, 0.15) is 5.56 Å². The van der Waals surface area contributed by atoms with E-state index in [9.17, 15) is 9.18 Å². The van der Waals surface area contributed by atoms with Crippen LogP contribution in [0.15, 0.2) is 42.5 Å². The summed E-state index contributed by atoms with van der Waals surface area (Å²) >= 11 is 11.5. The van der Waals surface area contributed by atoms with Gasteiger partial charge in [-0.25, -0.2) is 9.18 Å². The number of hydrogen-bond acceptors (Lipinski definition) is 2. The van der Waals surface area contributed by atoms with E-state index in [1.807, 2.05) is 0 Å². The van der Waals surface area contributed by atoms with Crippen molar-refractivity contribution in [2.24, 2.45) is 0 Å². The van der Waals surface area contributed by atoms with Crippen LogP contribution in [0.2, 0.25) is 10.0 Å². The average Bonchev–Trinajstić information content (AvgIpc) is 2.42. The Balaban J connectivity index is 2.35. The van der Waals surface area contributed by atoms with Crippen LogP contribution in [-0.2, 0) is 4.79 Å². The number of carboxylic acids is 1. The zero-order valence-electron chi connectivity index (χ0n) is 10.5. The van der Waals surface area contributed by atoms with Gasteiger partial charge in [-0.05, 0) is 30.3 Å². The summed E-state index contributed by atoms with van der Waals surface area (Å²) in [5.41, 5.74) is 0.497. The first-order valence-corrected chi connectivity index (χ1v) is 6.55. The largest absolute Gasteiger partial charge is 0.478 e. The Morgan fingerprint density at radius 3 is 2.62 bits per heavy atom. The molecule has 6 heteroatoms. The minimum absolute atomic E-state index is 0.0144. The van der Waals surface area contributed by atoms with E-state index in [0.29, 0.717) is 16.3 Å². The first-order chi connectivity index (χ1) is 9.95. The molecule has 0 heterocycles. The van der Waals surface area contributed by atoms with Crippen molar-refractivity contribution in [2.45, 2.75) is 0 Å². The Morgan fingerprint density at radius 2 is 1.95 bits per heavy atom. The van der Waals surface area contributed by atoms with Gasteiger partial charge in [0.2, 0.25) is 0 Å². The molecule has 2 aromatic carbocycles. The molecule has 0 unspecified atom stereocenters. The maximum absolute atomic E-state index is 13.4. The van der Waals surface area contributed by atoms with Crippen LogP contribution in [0.25, 0.3) is 6.08 Å². The van der Waals surface area contributed by atoms with Crippen LogP contribution in [0.3, 0.4) is 0 Å². The smallest absolute Gasteiger partial charge is 0.328 e. The van der Waals surface area contributed by atoms with Crippen LogP contribution in [0.4, 0.5) is 4.39 Å². The molecule has 21 heavy (non-hydrogen) atoms. The van der Waals surface area contributed by atoms with Gasteiger partial charge < -0.3 is 9.84 Å². The molecule has 0 bridgehead atoms. The fourth-order valence-electron chi connectivity index (χ4n) is 1.56. The third-order valence-corrected chi connectivity index (χ3v) is 3.04. The predicted octanol–water partition coefficient (Wildman–Crippen LogP) is 5.02. The second kappa shape index (κ2) is 6.61. The first-order valence-electron chi connectivity index (χ1n) is 5.79. The molecule has 0 spiro atoms. The number of ether oxygens (including phenoxy) is 1. The summed E-state index contributed by atoms with van der Waals surface area (Å²) in [6.07, 6.45) is 2.33. The highest BCUT2D eigenvalue weighted by molar-refractivity contribution is 6.31. The number of carboxylic acid groups (broad SMARTS) is 1. The summed E-state index contributed by atoms with van der Waals surface area (Å²) in [5, 5.41) is 9.05. The lowest BCUT2D eigenvalue weighted by Gasteiger charge is -2.10. The Kier molecular flexibility index (Phi) is 4.83. The predicted molar refractivity (Wildman–Crippen MR) is 79.6 cm³/mol. The molecular formula is C15H9Cl2FO3. The van der Waals surface area contributed by atoms with Crippen molar-refractivity contribution >= 4 is 35.2 Å². The van der Waals surface area contributed by atoms with E-state index in [1.165, 1.54) is 24.3 Å². The van der Waals surface area contributed by atoms with Crippen molar-refractivity contribution < 1.29 is 19.0 Å². The van der Waals surface area contributed by atoms with E-state index in [0.717, 1.165) is 12.1 Å². The molecule has 108 valence electrons. The number of rotatable bonds is 4. The van der Waals surface area contributed by atoms with Gasteiger partial charge in [0, 0.05) is 28.8 Å². The maximum atomic E-state index is 13.4. The molecule has 0 aliphatic heterocycles. The summed E-state index contributed by atoms with van der Waals surface area (Å²) in [4.78, 5) is 10.6. The maximum Gasteiger partial charge on any atom is 0.328 e. The molecule has 0 fully saturated rings. The minimum Gasteiger partial charge on any atom is -0.478 e. The van der Waals surface area contributed by atoms with Gasteiger partial charge in [-0.2, -0.15) is 0 Å². The van der Waals surface area contributed by atoms with E-state index in [2.05, 4.69) is 0 Å². The fourth-order valence-corrected chi connectivity index (χ4v) is 1.84. The van der Waals surface area contributed by atoms with Crippen LogP contribution in [0.5, 0.6) is 11.5 Å². The molecule has 0 saturated carbocycles. The second-order valence-corrected chi connectivity index (χ2v) is 4.88. The van der Waals surface area contributed by atoms with E-state index < -0.39 is 11.8 Å². The Morgan fingerprint density at radius 1 is 1.19 bits per heavy atom. The number of aliphatic carboxylic acids is 1. The van der Waals surface area contributed by atoms with E-state index in [4.69, 9.17) is 33.0 Å². The standard InChI is InChI=1S/C15H9Cl2FO3/c16-10-3-1-9(2-6-15(19)20)14(7-10)21-11-4-5-12(17)13(18)8-11/h1-8H,(H,19,20)/b6-2+. The molecule has 0 aromatic heterocycles. The lowest BCUT2D eigenvalue weighted by Crippen LogP contribution is -1.90. The van der Waals surface area contributed by atoms with Crippen molar-refractivity contribution in [2.75, 3.05) is 0 Å². The highest BCUT2D eigenvalue weighted by atomic mass is 35.5. The van der Waals surface area contributed by atoms with Gasteiger partial charge in [0.25, 0.3) is 0 Å². The molecule has 0 aliphatic rings. The molecule has 0 amide bonds. The molecular weight excluding hydrogens is 318 g/mol. The van der Waals surface area contributed by atoms with Crippen molar-refractivity contribution in [1.82, 2.24) is 0 Å². The van der Waals surface area contributed by atoms with Gasteiger partial charge in [0.15, 0.2) is 0 Å². The van der Waals surface area contributed by atoms with Gasteiger partial charge in [-0.3, -0.25) is 0 Å². The third-order valence-electron chi connectivity index (χ3n) is 2.50. The molecule has 3 nitrogen and oxygen atoms in total. The molecule has 0 saturated heterocycles. The number of halogens is 3. The summed E-state index contributed by atoms with van der Waals surface area (Å²) in [6, 6.07) is 8.70. The monoisotopic (exact) mass is 326 g/mol. The van der Waals surface area contributed by atoms with Gasteiger partial charge in [0.05, 0.1) is 5.02 Å². The Labute approximate surface area is 130 Å². The Hall–Kier alpha value is -2.04. The van der Waals surface area contributed by atoms with E-state index in [1.54, 1.807) is 12.1 Å².